The Labute approximate surface area is 189 Å². The summed E-state index contributed by atoms with van der Waals surface area (Å²) in [6, 6.07) is 9.23. The number of anilines is 2. The van der Waals surface area contributed by atoms with Crippen LogP contribution in [-0.2, 0) is 17.5 Å². The predicted molar refractivity (Wildman–Crippen MR) is 114 cm³/mol. The summed E-state index contributed by atoms with van der Waals surface area (Å²) in [6.45, 7) is -0.118. The van der Waals surface area contributed by atoms with Crippen LogP contribution in [0.5, 0.6) is 0 Å². The number of alkyl halides is 3. The normalized spacial score (nSPS) is 11.3. The number of aromatic nitrogens is 2. The molecule has 2 amide bonds. The van der Waals surface area contributed by atoms with E-state index in [0.717, 1.165) is 4.68 Å². The fraction of sp³-hybridized carbons (Fsp3) is 0.105. The molecule has 0 unspecified atom stereocenters. The van der Waals surface area contributed by atoms with Crippen LogP contribution in [0.15, 0.2) is 42.5 Å². The summed E-state index contributed by atoms with van der Waals surface area (Å²) in [5.41, 5.74) is 4.27. The highest BCUT2D eigenvalue weighted by Gasteiger charge is 2.36. The van der Waals surface area contributed by atoms with Crippen molar-refractivity contribution in [3.63, 3.8) is 0 Å². The number of nitrogens with two attached hydrogens (primary N) is 2. The van der Waals surface area contributed by atoms with Crippen molar-refractivity contribution < 1.29 is 22.8 Å². The quantitative estimate of drug-likeness (QED) is 0.212. The molecule has 3 aromatic rings. The maximum atomic E-state index is 13.3. The second-order valence-corrected chi connectivity index (χ2v) is 7.25. The topological polar surface area (TPSA) is 119 Å². The Bertz CT molecular complexity index is 1180. The van der Waals surface area contributed by atoms with Crippen molar-refractivity contribution in [1.29, 1.82) is 0 Å². The lowest BCUT2D eigenvalue weighted by atomic mass is 10.1. The number of benzene rings is 2. The van der Waals surface area contributed by atoms with Crippen LogP contribution in [0.4, 0.5) is 24.5 Å². The van der Waals surface area contributed by atoms with Gasteiger partial charge in [-0.2, -0.15) is 18.3 Å². The van der Waals surface area contributed by atoms with Crippen LogP contribution >= 0.6 is 23.2 Å². The molecular formula is C19H15Cl2F3N6O2. The number of hydrogen-bond donors (Lipinski definition) is 3. The number of nitrogens with one attached hydrogen (secondary N) is 1. The molecule has 0 radical (unpaired) electrons. The van der Waals surface area contributed by atoms with Crippen LogP contribution in [0.3, 0.4) is 0 Å². The molecule has 0 atom stereocenters. The van der Waals surface area contributed by atoms with Gasteiger partial charge in [0.25, 0.3) is 5.91 Å². The fourth-order valence-corrected chi connectivity index (χ4v) is 3.33. The van der Waals surface area contributed by atoms with E-state index in [1.807, 2.05) is 0 Å². The molecule has 1 aromatic heterocycles. The predicted octanol–water partition coefficient (Wildman–Crippen LogP) is 3.75. The lowest BCUT2D eigenvalue weighted by molar-refractivity contribution is -0.141. The van der Waals surface area contributed by atoms with Crippen molar-refractivity contribution in [3.8, 4) is 5.69 Å². The van der Waals surface area contributed by atoms with Gasteiger partial charge in [0.1, 0.15) is 5.69 Å². The first-order valence-electron chi connectivity index (χ1n) is 8.82. The molecule has 0 aliphatic heterocycles. The SMILES string of the molecule is NCc1cc(Cl)cc(N(N)C=O)c1NC(=O)c1cc(C(F)(F)F)nn1-c1ccccc1Cl. The van der Waals surface area contributed by atoms with Gasteiger partial charge in [-0.3, -0.25) is 9.59 Å². The van der Waals surface area contributed by atoms with E-state index in [1.165, 1.54) is 30.3 Å². The van der Waals surface area contributed by atoms with Crippen LogP contribution in [-0.4, -0.2) is 22.1 Å². The van der Waals surface area contributed by atoms with Crippen molar-refractivity contribution in [3.05, 3.63) is 69.5 Å². The van der Waals surface area contributed by atoms with Gasteiger partial charge in [0.2, 0.25) is 6.41 Å². The van der Waals surface area contributed by atoms with E-state index in [-0.39, 0.29) is 45.6 Å². The standard InChI is InChI=1S/C19H15Cl2F3N6O2/c20-11-5-10(8-25)17(14(6-11)29(26)9-31)27-18(32)15-7-16(19(22,23)24)28-30(15)13-4-2-1-3-12(13)21/h1-7,9H,8,25-26H2,(H,27,32). The number of para-hydroxylation sites is 1. The molecule has 0 aliphatic rings. The first kappa shape index (κ1) is 23.5. The Morgan fingerprint density at radius 2 is 1.91 bits per heavy atom. The van der Waals surface area contributed by atoms with Gasteiger partial charge in [-0.05, 0) is 29.8 Å². The first-order valence-corrected chi connectivity index (χ1v) is 9.57. The van der Waals surface area contributed by atoms with Crippen molar-refractivity contribution in [2.24, 2.45) is 11.6 Å². The summed E-state index contributed by atoms with van der Waals surface area (Å²) in [4.78, 5) is 24.2. The summed E-state index contributed by atoms with van der Waals surface area (Å²) >= 11 is 12.1. The molecule has 0 aliphatic carbocycles. The van der Waals surface area contributed by atoms with Crippen molar-refractivity contribution in [2.45, 2.75) is 12.7 Å². The van der Waals surface area contributed by atoms with Crippen molar-refractivity contribution >= 4 is 46.9 Å². The third-order valence-electron chi connectivity index (χ3n) is 4.33. The number of nitrogens with zero attached hydrogens (tertiary/aromatic N) is 3. The van der Waals surface area contributed by atoms with E-state index in [4.69, 9.17) is 34.8 Å². The molecule has 168 valence electrons. The first-order chi connectivity index (χ1) is 15.1. The maximum Gasteiger partial charge on any atom is 0.435 e. The number of carbonyl (C=O) groups excluding carboxylic acids is 2. The van der Waals surface area contributed by atoms with Crippen molar-refractivity contribution in [2.75, 3.05) is 10.3 Å². The van der Waals surface area contributed by atoms with Crippen LogP contribution in [0.2, 0.25) is 10.0 Å². The molecule has 0 saturated carbocycles. The summed E-state index contributed by atoms with van der Waals surface area (Å²) < 4.78 is 40.8. The van der Waals surface area contributed by atoms with Gasteiger partial charge in [0.05, 0.1) is 22.1 Å². The van der Waals surface area contributed by atoms with Gasteiger partial charge in [-0.15, -0.1) is 0 Å². The number of halogens is 5. The average molecular weight is 487 g/mol. The molecule has 8 nitrogen and oxygen atoms in total. The minimum atomic E-state index is -4.82. The van der Waals surface area contributed by atoms with E-state index in [2.05, 4.69) is 10.4 Å². The molecule has 0 bridgehead atoms. The number of hydrazine groups is 1. The van der Waals surface area contributed by atoms with Crippen LogP contribution in [0.1, 0.15) is 21.7 Å². The Balaban J connectivity index is 2.14. The van der Waals surface area contributed by atoms with Gasteiger partial charge >= 0.3 is 6.18 Å². The second kappa shape index (κ2) is 9.17. The zero-order chi connectivity index (χ0) is 23.6. The Morgan fingerprint density at radius 3 is 2.50 bits per heavy atom. The van der Waals surface area contributed by atoms with E-state index in [1.54, 1.807) is 6.07 Å². The molecule has 3 rings (SSSR count). The number of rotatable bonds is 6. The van der Waals surface area contributed by atoms with Gasteiger partial charge in [-0.25, -0.2) is 15.5 Å². The van der Waals surface area contributed by atoms with E-state index < -0.39 is 23.5 Å². The second-order valence-electron chi connectivity index (χ2n) is 6.41. The van der Waals surface area contributed by atoms with Crippen LogP contribution in [0, 0.1) is 0 Å². The molecule has 5 N–H and O–H groups in total. The summed E-state index contributed by atoms with van der Waals surface area (Å²) in [5.74, 6) is 4.65. The molecule has 13 heteroatoms. The average Bonchev–Trinajstić information content (AvgIpc) is 3.20. The summed E-state index contributed by atoms with van der Waals surface area (Å²) in [7, 11) is 0. The van der Waals surface area contributed by atoms with Crippen molar-refractivity contribution in [1.82, 2.24) is 9.78 Å². The zero-order valence-corrected chi connectivity index (χ0v) is 17.5. The molecule has 0 saturated heterocycles. The minimum Gasteiger partial charge on any atom is -0.326 e. The highest BCUT2D eigenvalue weighted by molar-refractivity contribution is 6.32. The minimum absolute atomic E-state index is 0.00281. The van der Waals surface area contributed by atoms with Crippen LogP contribution < -0.4 is 21.9 Å². The zero-order valence-electron chi connectivity index (χ0n) is 16.0. The molecule has 1 heterocycles. The molecule has 32 heavy (non-hydrogen) atoms. The highest BCUT2D eigenvalue weighted by atomic mass is 35.5. The number of amides is 2. The highest BCUT2D eigenvalue weighted by Crippen LogP contribution is 2.34. The van der Waals surface area contributed by atoms with Gasteiger partial charge in [0.15, 0.2) is 5.69 Å². The van der Waals surface area contributed by atoms with Crippen LogP contribution in [0.25, 0.3) is 5.69 Å². The smallest absolute Gasteiger partial charge is 0.326 e. The number of hydrogen-bond acceptors (Lipinski definition) is 5. The molecular weight excluding hydrogens is 472 g/mol. The molecule has 0 spiro atoms. The Hall–Kier alpha value is -3.12. The summed E-state index contributed by atoms with van der Waals surface area (Å²) in [6.07, 6.45) is -4.56. The van der Waals surface area contributed by atoms with Gasteiger partial charge in [-0.1, -0.05) is 35.3 Å². The maximum absolute atomic E-state index is 13.3. The lowest BCUT2D eigenvalue weighted by Crippen LogP contribution is -2.31. The number of carbonyl (C=O) groups is 2. The van der Waals surface area contributed by atoms with Gasteiger partial charge in [0, 0.05) is 17.6 Å². The van der Waals surface area contributed by atoms with Gasteiger partial charge < -0.3 is 11.1 Å². The third kappa shape index (κ3) is 4.70. The molecule has 0 fully saturated rings. The Kier molecular flexibility index (Phi) is 6.74. The largest absolute Gasteiger partial charge is 0.435 e. The third-order valence-corrected chi connectivity index (χ3v) is 4.87. The van der Waals surface area contributed by atoms with E-state index in [0.29, 0.717) is 11.1 Å². The fourth-order valence-electron chi connectivity index (χ4n) is 2.88. The monoisotopic (exact) mass is 486 g/mol. The Morgan fingerprint density at radius 1 is 1.22 bits per heavy atom. The van der Waals surface area contributed by atoms with E-state index in [9.17, 15) is 22.8 Å². The summed E-state index contributed by atoms with van der Waals surface area (Å²) in [5, 5.41) is 6.86. The van der Waals surface area contributed by atoms with E-state index >= 15 is 0 Å². The lowest BCUT2D eigenvalue weighted by Gasteiger charge is -2.20. The molecule has 2 aromatic carbocycles.